The molecule has 0 aromatic carbocycles. The van der Waals surface area contributed by atoms with Crippen molar-refractivity contribution in [1.82, 2.24) is 4.98 Å². The van der Waals surface area contributed by atoms with Crippen LogP contribution in [0.1, 0.15) is 0 Å². The summed E-state index contributed by atoms with van der Waals surface area (Å²) in [6.45, 7) is -1.17. The van der Waals surface area contributed by atoms with E-state index in [0.717, 1.165) is 0 Å². The van der Waals surface area contributed by atoms with Gasteiger partial charge in [-0.3, -0.25) is 0 Å². The molecule has 0 radical (unpaired) electrons. The van der Waals surface area contributed by atoms with Gasteiger partial charge in [-0.2, -0.15) is 8.78 Å². The Labute approximate surface area is 88.3 Å². The van der Waals surface area contributed by atoms with Crippen LogP contribution in [0.3, 0.4) is 0 Å². The fourth-order valence-electron chi connectivity index (χ4n) is 0.766. The van der Waals surface area contributed by atoms with Crippen LogP contribution in [0.4, 0.5) is 23.4 Å². The Morgan fingerprint density at radius 2 is 2.07 bits per heavy atom. The Bertz CT molecular complexity index is 315. The minimum Gasteiger partial charge on any atom is -0.364 e. The molecule has 0 aliphatic heterocycles. The molecule has 1 rings (SSSR count). The van der Waals surface area contributed by atoms with Crippen molar-refractivity contribution in [1.29, 1.82) is 0 Å². The number of nitrogens with one attached hydrogen (secondary N) is 1. The Hall–Kier alpha value is -1.04. The maximum atomic E-state index is 12.4. The average molecular weight is 243 g/mol. The molecule has 0 bridgehead atoms. The van der Waals surface area contributed by atoms with Crippen molar-refractivity contribution in [3.8, 4) is 0 Å². The van der Waals surface area contributed by atoms with Crippen molar-refractivity contribution in [2.24, 2.45) is 0 Å². The molecule has 1 aromatic heterocycles. The Morgan fingerprint density at radius 3 is 2.53 bits per heavy atom. The van der Waals surface area contributed by atoms with Crippen molar-refractivity contribution in [3.05, 3.63) is 23.4 Å². The summed E-state index contributed by atoms with van der Waals surface area (Å²) in [6, 6.07) is 2.74. The van der Waals surface area contributed by atoms with Gasteiger partial charge in [0.25, 0.3) is 0 Å². The number of halogens is 5. The summed E-state index contributed by atoms with van der Waals surface area (Å²) in [5.41, 5.74) is 0. The van der Waals surface area contributed by atoms with Crippen LogP contribution in [0.2, 0.25) is 5.02 Å². The SMILES string of the molecule is FC(F)C(F)(F)CNc1ccc(Cl)cn1. The Balaban J connectivity index is 2.54. The zero-order valence-electron chi connectivity index (χ0n) is 7.35. The Kier molecular flexibility index (Phi) is 3.73. The number of rotatable bonds is 4. The fraction of sp³-hybridized carbons (Fsp3) is 0.375. The van der Waals surface area contributed by atoms with Crippen LogP contribution in [0, 0.1) is 0 Å². The van der Waals surface area contributed by atoms with E-state index in [1.54, 1.807) is 0 Å². The quantitative estimate of drug-likeness (QED) is 0.821. The zero-order chi connectivity index (χ0) is 11.5. The van der Waals surface area contributed by atoms with E-state index in [9.17, 15) is 17.6 Å². The lowest BCUT2D eigenvalue weighted by molar-refractivity contribution is -0.117. The number of hydrogen-bond acceptors (Lipinski definition) is 2. The molecule has 7 heteroatoms. The van der Waals surface area contributed by atoms with Gasteiger partial charge in [0.05, 0.1) is 11.6 Å². The molecule has 0 aliphatic carbocycles. The van der Waals surface area contributed by atoms with Crippen molar-refractivity contribution >= 4 is 17.4 Å². The lowest BCUT2D eigenvalue weighted by atomic mass is 10.3. The third-order valence-electron chi connectivity index (χ3n) is 1.55. The van der Waals surface area contributed by atoms with Crippen LogP contribution in [0.5, 0.6) is 0 Å². The molecule has 84 valence electrons. The van der Waals surface area contributed by atoms with Crippen molar-refractivity contribution in [3.63, 3.8) is 0 Å². The minimum atomic E-state index is -4.07. The molecule has 0 fully saturated rings. The summed E-state index contributed by atoms with van der Waals surface area (Å²) in [5.74, 6) is -4.00. The van der Waals surface area contributed by atoms with Gasteiger partial charge >= 0.3 is 12.3 Å². The first-order valence-corrected chi connectivity index (χ1v) is 4.31. The van der Waals surface area contributed by atoms with Gasteiger partial charge in [-0.05, 0) is 12.1 Å². The summed E-state index contributed by atoms with van der Waals surface area (Å²) in [4.78, 5) is 3.62. The fourth-order valence-corrected chi connectivity index (χ4v) is 0.878. The summed E-state index contributed by atoms with van der Waals surface area (Å²) in [7, 11) is 0. The average Bonchev–Trinajstić information content (AvgIpc) is 2.17. The number of alkyl halides is 4. The van der Waals surface area contributed by atoms with E-state index in [4.69, 9.17) is 11.6 Å². The van der Waals surface area contributed by atoms with Crippen molar-refractivity contribution in [2.45, 2.75) is 12.3 Å². The first-order valence-electron chi connectivity index (χ1n) is 3.93. The number of hydrogen-bond donors (Lipinski definition) is 1. The maximum Gasteiger partial charge on any atom is 0.324 e. The maximum absolute atomic E-state index is 12.4. The summed E-state index contributed by atoms with van der Waals surface area (Å²) in [5, 5.41) is 2.43. The van der Waals surface area contributed by atoms with Gasteiger partial charge in [0.2, 0.25) is 0 Å². The van der Waals surface area contributed by atoms with Crippen LogP contribution in [-0.4, -0.2) is 23.9 Å². The predicted octanol–water partition coefficient (Wildman–Crippen LogP) is 3.05. The van der Waals surface area contributed by atoms with E-state index in [1.807, 2.05) is 0 Å². The smallest absolute Gasteiger partial charge is 0.324 e. The van der Waals surface area contributed by atoms with Crippen LogP contribution < -0.4 is 5.32 Å². The molecule has 0 aliphatic rings. The third kappa shape index (κ3) is 3.54. The monoisotopic (exact) mass is 242 g/mol. The molecule has 1 aromatic rings. The summed E-state index contributed by atoms with van der Waals surface area (Å²) >= 11 is 5.49. The van der Waals surface area contributed by atoms with Gasteiger partial charge in [-0.25, -0.2) is 13.8 Å². The van der Waals surface area contributed by atoms with Crippen LogP contribution >= 0.6 is 11.6 Å². The predicted molar refractivity (Wildman–Crippen MR) is 48.7 cm³/mol. The van der Waals surface area contributed by atoms with Gasteiger partial charge in [0.1, 0.15) is 5.82 Å². The highest BCUT2D eigenvalue weighted by Crippen LogP contribution is 2.23. The third-order valence-corrected chi connectivity index (χ3v) is 1.78. The zero-order valence-corrected chi connectivity index (χ0v) is 8.11. The van der Waals surface area contributed by atoms with E-state index >= 15 is 0 Å². The van der Waals surface area contributed by atoms with Crippen molar-refractivity contribution in [2.75, 3.05) is 11.9 Å². The second-order valence-electron chi connectivity index (χ2n) is 2.78. The molecule has 1 N–H and O–H groups in total. The molecular formula is C8H7ClF4N2. The molecule has 15 heavy (non-hydrogen) atoms. The highest BCUT2D eigenvalue weighted by Gasteiger charge is 2.40. The van der Waals surface area contributed by atoms with E-state index in [0.29, 0.717) is 5.02 Å². The Morgan fingerprint density at radius 1 is 1.40 bits per heavy atom. The molecule has 1 heterocycles. The largest absolute Gasteiger partial charge is 0.364 e. The molecule has 0 spiro atoms. The molecular weight excluding hydrogens is 236 g/mol. The molecule has 2 nitrogen and oxygen atoms in total. The first-order chi connectivity index (χ1) is 6.92. The molecule has 0 atom stereocenters. The van der Waals surface area contributed by atoms with Crippen LogP contribution in [-0.2, 0) is 0 Å². The van der Waals surface area contributed by atoms with E-state index < -0.39 is 18.9 Å². The topological polar surface area (TPSA) is 24.9 Å². The second-order valence-corrected chi connectivity index (χ2v) is 3.21. The van der Waals surface area contributed by atoms with Crippen molar-refractivity contribution < 1.29 is 17.6 Å². The lowest BCUT2D eigenvalue weighted by Gasteiger charge is -2.15. The second kappa shape index (κ2) is 4.65. The highest BCUT2D eigenvalue weighted by molar-refractivity contribution is 6.30. The molecule has 0 saturated heterocycles. The van der Waals surface area contributed by atoms with Gasteiger partial charge in [-0.1, -0.05) is 11.6 Å². The lowest BCUT2D eigenvalue weighted by Crippen LogP contribution is -2.34. The first kappa shape index (κ1) is 12.0. The molecule has 0 unspecified atom stereocenters. The number of nitrogens with zero attached hydrogens (tertiary/aromatic N) is 1. The normalized spacial score (nSPS) is 11.9. The number of pyridine rings is 1. The van der Waals surface area contributed by atoms with E-state index in [-0.39, 0.29) is 5.82 Å². The standard InChI is InChI=1S/C8H7ClF4N2/c9-5-1-2-6(14-3-5)15-4-8(12,13)7(10)11/h1-3,7H,4H2,(H,14,15). The summed E-state index contributed by atoms with van der Waals surface area (Å²) < 4.78 is 48.4. The van der Waals surface area contributed by atoms with E-state index in [1.165, 1.54) is 18.3 Å². The number of aromatic nitrogens is 1. The van der Waals surface area contributed by atoms with Crippen LogP contribution in [0.25, 0.3) is 0 Å². The highest BCUT2D eigenvalue weighted by atomic mass is 35.5. The van der Waals surface area contributed by atoms with E-state index in [2.05, 4.69) is 10.3 Å². The molecule has 0 saturated carbocycles. The van der Waals surface area contributed by atoms with Gasteiger partial charge in [0.15, 0.2) is 0 Å². The molecule has 0 amide bonds. The summed E-state index contributed by atoms with van der Waals surface area (Å²) in [6.07, 6.45) is -2.47. The van der Waals surface area contributed by atoms with Gasteiger partial charge in [-0.15, -0.1) is 0 Å². The minimum absolute atomic E-state index is 0.0692. The van der Waals surface area contributed by atoms with Gasteiger partial charge in [0, 0.05) is 6.20 Å². The van der Waals surface area contributed by atoms with Gasteiger partial charge < -0.3 is 5.32 Å². The number of anilines is 1. The van der Waals surface area contributed by atoms with Crippen LogP contribution in [0.15, 0.2) is 18.3 Å².